The second-order valence-corrected chi connectivity index (χ2v) is 5.13. The molecule has 0 unspecified atom stereocenters. The molecule has 128 valence electrons. The van der Waals surface area contributed by atoms with E-state index in [2.05, 4.69) is 20.8 Å². The lowest BCUT2D eigenvalue weighted by Gasteiger charge is -2.15. The molecule has 0 saturated heterocycles. The predicted molar refractivity (Wildman–Crippen MR) is 84.2 cm³/mol. The van der Waals surface area contributed by atoms with Gasteiger partial charge in [0.15, 0.2) is 17.7 Å². The fraction of sp³-hybridized carbons (Fsp3) is 0.125. The summed E-state index contributed by atoms with van der Waals surface area (Å²) in [7, 11) is 0. The van der Waals surface area contributed by atoms with Crippen molar-refractivity contribution in [3.63, 3.8) is 0 Å². The Hall–Kier alpha value is -3.36. The van der Waals surface area contributed by atoms with E-state index >= 15 is 0 Å². The summed E-state index contributed by atoms with van der Waals surface area (Å²) in [6.07, 6.45) is 0.611. The number of nitrogens with zero attached hydrogens (tertiary/aromatic N) is 4. The Bertz CT molecular complexity index is 869. The third kappa shape index (κ3) is 3.94. The molecule has 25 heavy (non-hydrogen) atoms. The van der Waals surface area contributed by atoms with Crippen molar-refractivity contribution in [2.45, 2.75) is 13.0 Å². The van der Waals surface area contributed by atoms with Gasteiger partial charge in [0, 0.05) is 11.8 Å². The summed E-state index contributed by atoms with van der Waals surface area (Å²) in [6.45, 7) is 1.55. The van der Waals surface area contributed by atoms with Gasteiger partial charge in [0.1, 0.15) is 12.1 Å². The molecule has 2 aromatic carbocycles. The molecule has 1 N–H and O–H groups in total. The molecule has 3 rings (SSSR count). The monoisotopic (exact) mass is 345 g/mol. The number of ether oxygens (including phenoxy) is 1. The molecule has 0 spiro atoms. The Labute approximate surface area is 141 Å². The van der Waals surface area contributed by atoms with E-state index in [-0.39, 0.29) is 5.69 Å². The minimum Gasteiger partial charge on any atom is -0.481 e. The minimum absolute atomic E-state index is 0.147. The summed E-state index contributed by atoms with van der Waals surface area (Å²) < 4.78 is 33.1. The molecule has 0 radical (unpaired) electrons. The van der Waals surface area contributed by atoms with Crippen molar-refractivity contribution in [2.75, 3.05) is 5.32 Å². The van der Waals surface area contributed by atoms with Crippen molar-refractivity contribution in [1.82, 2.24) is 20.2 Å². The van der Waals surface area contributed by atoms with E-state index in [4.69, 9.17) is 4.74 Å². The van der Waals surface area contributed by atoms with Crippen LogP contribution in [0, 0.1) is 11.6 Å². The third-order valence-electron chi connectivity index (χ3n) is 3.32. The molecule has 0 aliphatic heterocycles. The molecule has 1 atom stereocenters. The maximum absolute atomic E-state index is 13.2. The van der Waals surface area contributed by atoms with Gasteiger partial charge in [-0.25, -0.2) is 13.5 Å². The Morgan fingerprint density at radius 2 is 1.92 bits per heavy atom. The zero-order chi connectivity index (χ0) is 17.8. The number of hydrogen-bond donors (Lipinski definition) is 1. The first kappa shape index (κ1) is 16.5. The molecular weight excluding hydrogens is 332 g/mol. The quantitative estimate of drug-likeness (QED) is 0.768. The maximum atomic E-state index is 13.2. The zero-order valence-electron chi connectivity index (χ0n) is 13.1. The van der Waals surface area contributed by atoms with Crippen LogP contribution in [0.25, 0.3) is 5.69 Å². The number of hydrogen-bond acceptors (Lipinski definition) is 5. The number of benzene rings is 2. The molecule has 9 heteroatoms. The standard InChI is InChI=1S/C16H13F2N5O2/c1-10(16(24)20-11-2-7-14(17)15(18)8-11)25-13-5-3-12(4-6-13)23-9-19-21-22-23/h2-10H,1H3,(H,20,24)/t10-/m1/s1. The lowest BCUT2D eigenvalue weighted by Crippen LogP contribution is -2.30. The molecule has 7 nitrogen and oxygen atoms in total. The van der Waals surface area contributed by atoms with Gasteiger partial charge in [-0.15, -0.1) is 5.10 Å². The number of aromatic nitrogens is 4. The summed E-state index contributed by atoms with van der Waals surface area (Å²) in [6, 6.07) is 9.90. The molecule has 0 saturated carbocycles. The minimum atomic E-state index is -1.04. The summed E-state index contributed by atoms with van der Waals surface area (Å²) in [5.74, 6) is -2.05. The lowest BCUT2D eigenvalue weighted by atomic mass is 10.2. The summed E-state index contributed by atoms with van der Waals surface area (Å²) in [4.78, 5) is 12.1. The number of carbonyl (C=O) groups is 1. The molecule has 0 fully saturated rings. The van der Waals surface area contributed by atoms with E-state index in [0.717, 1.165) is 17.8 Å². The highest BCUT2D eigenvalue weighted by Crippen LogP contribution is 2.17. The van der Waals surface area contributed by atoms with Gasteiger partial charge in [0.2, 0.25) is 0 Å². The lowest BCUT2D eigenvalue weighted by molar-refractivity contribution is -0.122. The Balaban J connectivity index is 1.62. The zero-order valence-corrected chi connectivity index (χ0v) is 13.1. The SMILES string of the molecule is C[C@@H](Oc1ccc(-n2cnnn2)cc1)C(=O)Nc1ccc(F)c(F)c1. The summed E-state index contributed by atoms with van der Waals surface area (Å²) in [5, 5.41) is 13.3. The highest BCUT2D eigenvalue weighted by Gasteiger charge is 2.16. The van der Waals surface area contributed by atoms with Gasteiger partial charge in [-0.05, 0) is 53.7 Å². The van der Waals surface area contributed by atoms with Crippen molar-refractivity contribution < 1.29 is 18.3 Å². The van der Waals surface area contributed by atoms with Crippen LogP contribution in [-0.4, -0.2) is 32.2 Å². The number of amides is 1. The van der Waals surface area contributed by atoms with Crippen LogP contribution in [-0.2, 0) is 4.79 Å². The molecule has 0 aliphatic rings. The topological polar surface area (TPSA) is 81.9 Å². The summed E-state index contributed by atoms with van der Waals surface area (Å²) >= 11 is 0. The first-order chi connectivity index (χ1) is 12.0. The van der Waals surface area contributed by atoms with E-state index in [0.29, 0.717) is 5.75 Å². The van der Waals surface area contributed by atoms with E-state index in [1.54, 1.807) is 31.2 Å². The maximum Gasteiger partial charge on any atom is 0.265 e. The number of anilines is 1. The van der Waals surface area contributed by atoms with E-state index in [9.17, 15) is 13.6 Å². The number of tetrazole rings is 1. The van der Waals surface area contributed by atoms with Gasteiger partial charge >= 0.3 is 0 Å². The Morgan fingerprint density at radius 3 is 2.56 bits per heavy atom. The van der Waals surface area contributed by atoms with Crippen LogP contribution in [0.1, 0.15) is 6.92 Å². The Morgan fingerprint density at radius 1 is 1.16 bits per heavy atom. The first-order valence-corrected chi connectivity index (χ1v) is 7.29. The van der Waals surface area contributed by atoms with Crippen LogP contribution in [0.4, 0.5) is 14.5 Å². The molecule has 0 bridgehead atoms. The number of halogens is 2. The van der Waals surface area contributed by atoms with Crippen molar-refractivity contribution in [1.29, 1.82) is 0 Å². The van der Waals surface area contributed by atoms with Gasteiger partial charge in [0.25, 0.3) is 5.91 Å². The van der Waals surface area contributed by atoms with Gasteiger partial charge < -0.3 is 10.1 Å². The second-order valence-electron chi connectivity index (χ2n) is 5.13. The second kappa shape index (κ2) is 7.04. The van der Waals surface area contributed by atoms with E-state index < -0.39 is 23.6 Å². The van der Waals surface area contributed by atoms with E-state index in [1.165, 1.54) is 17.1 Å². The van der Waals surface area contributed by atoms with Gasteiger partial charge in [0.05, 0.1) is 5.69 Å². The Kier molecular flexibility index (Phi) is 4.64. The highest BCUT2D eigenvalue weighted by molar-refractivity contribution is 5.94. The van der Waals surface area contributed by atoms with Gasteiger partial charge in [-0.1, -0.05) is 0 Å². The summed E-state index contributed by atoms with van der Waals surface area (Å²) in [5.41, 5.74) is 0.879. The fourth-order valence-electron chi connectivity index (χ4n) is 2.03. The normalized spacial score (nSPS) is 11.8. The number of nitrogens with one attached hydrogen (secondary N) is 1. The van der Waals surface area contributed by atoms with Crippen molar-refractivity contribution in [3.05, 3.63) is 60.4 Å². The van der Waals surface area contributed by atoms with Gasteiger partial charge in [-0.2, -0.15) is 0 Å². The molecule has 1 amide bonds. The van der Waals surface area contributed by atoms with Crippen LogP contribution >= 0.6 is 0 Å². The van der Waals surface area contributed by atoms with Crippen molar-refractivity contribution >= 4 is 11.6 Å². The van der Waals surface area contributed by atoms with Crippen LogP contribution in [0.15, 0.2) is 48.8 Å². The average Bonchev–Trinajstić information content (AvgIpc) is 3.13. The molecular formula is C16H13F2N5O2. The largest absolute Gasteiger partial charge is 0.481 e. The van der Waals surface area contributed by atoms with E-state index in [1.807, 2.05) is 0 Å². The van der Waals surface area contributed by atoms with Crippen molar-refractivity contribution in [3.8, 4) is 11.4 Å². The fourth-order valence-corrected chi connectivity index (χ4v) is 2.03. The highest BCUT2D eigenvalue weighted by atomic mass is 19.2. The molecule has 0 aliphatic carbocycles. The van der Waals surface area contributed by atoms with Gasteiger partial charge in [-0.3, -0.25) is 4.79 Å². The van der Waals surface area contributed by atoms with Crippen molar-refractivity contribution in [2.24, 2.45) is 0 Å². The smallest absolute Gasteiger partial charge is 0.265 e. The molecule has 1 heterocycles. The number of carbonyl (C=O) groups excluding carboxylic acids is 1. The van der Waals surface area contributed by atoms with Crippen LogP contribution < -0.4 is 10.1 Å². The molecule has 1 aromatic heterocycles. The average molecular weight is 345 g/mol. The van der Waals surface area contributed by atoms with Crippen LogP contribution in [0.5, 0.6) is 5.75 Å². The van der Waals surface area contributed by atoms with Crippen LogP contribution in [0.3, 0.4) is 0 Å². The first-order valence-electron chi connectivity index (χ1n) is 7.29. The predicted octanol–water partition coefficient (Wildman–Crippen LogP) is 2.35. The molecule has 3 aromatic rings. The third-order valence-corrected chi connectivity index (χ3v) is 3.32. The van der Waals surface area contributed by atoms with Crippen LogP contribution in [0.2, 0.25) is 0 Å². The number of rotatable bonds is 5.